The van der Waals surface area contributed by atoms with Crippen molar-refractivity contribution >= 4 is 0 Å². The van der Waals surface area contributed by atoms with E-state index in [0.717, 1.165) is 6.04 Å². The Morgan fingerprint density at radius 1 is 0.484 bits per heavy atom. The summed E-state index contributed by atoms with van der Waals surface area (Å²) in [6.07, 6.45) is 31.7. The van der Waals surface area contributed by atoms with E-state index in [1.807, 2.05) is 0 Å². The van der Waals surface area contributed by atoms with Gasteiger partial charge in [0.05, 0.1) is 19.6 Å². The average molecular weight is 437 g/mol. The monoisotopic (exact) mass is 436 g/mol. The molecule has 0 N–H and O–H groups in total. The fraction of sp³-hybridized carbons (Fsp3) is 0.933. The highest BCUT2D eigenvalue weighted by Crippen LogP contribution is 2.25. The Labute approximate surface area is 199 Å². The average Bonchev–Trinajstić information content (AvgIpc) is 2.79. The zero-order valence-electron chi connectivity index (χ0n) is 22.7. The molecule has 0 aromatic heterocycles. The molecule has 0 radical (unpaired) electrons. The van der Waals surface area contributed by atoms with Gasteiger partial charge in [0.2, 0.25) is 0 Å². The first kappa shape index (κ1) is 30.7. The fourth-order valence-corrected chi connectivity index (χ4v) is 5.10. The first-order valence-corrected chi connectivity index (χ1v) is 14.7. The Hall–Kier alpha value is -0.300. The fourth-order valence-electron chi connectivity index (χ4n) is 5.10. The molecule has 0 aromatic rings. The molecule has 0 aromatic carbocycles. The van der Waals surface area contributed by atoms with Crippen molar-refractivity contribution in [2.24, 2.45) is 0 Å². The normalized spacial score (nSPS) is 13.3. The van der Waals surface area contributed by atoms with Gasteiger partial charge in [-0.15, -0.1) is 0 Å². The molecule has 0 aliphatic carbocycles. The van der Waals surface area contributed by atoms with Gasteiger partial charge in [-0.1, -0.05) is 124 Å². The predicted molar refractivity (Wildman–Crippen MR) is 144 cm³/mol. The van der Waals surface area contributed by atoms with Crippen molar-refractivity contribution in [3.8, 4) is 0 Å². The maximum atomic E-state index is 2.66. The van der Waals surface area contributed by atoms with Gasteiger partial charge in [0, 0.05) is 6.42 Å². The molecule has 0 saturated carbocycles. The minimum atomic E-state index is 0.748. The standard InChI is InChI=1S/C30H62N/c1-6-11-15-16-17-18-19-20-21-22-23-24-26-30(25-10-5)31(27-12-7-2,28-13-8-3)29-14-9-4/h24,26,30H,6-23,25,27-29H2,1-5H3/q+1. The molecule has 0 bridgehead atoms. The lowest BCUT2D eigenvalue weighted by Crippen LogP contribution is -2.56. The van der Waals surface area contributed by atoms with Gasteiger partial charge in [-0.3, -0.25) is 0 Å². The van der Waals surface area contributed by atoms with E-state index in [-0.39, 0.29) is 0 Å². The highest BCUT2D eigenvalue weighted by Gasteiger charge is 2.33. The predicted octanol–water partition coefficient (Wildman–Crippen LogP) is 10.2. The zero-order valence-corrected chi connectivity index (χ0v) is 22.7. The third-order valence-corrected chi connectivity index (χ3v) is 7.24. The molecular weight excluding hydrogens is 374 g/mol. The first-order valence-electron chi connectivity index (χ1n) is 14.7. The summed E-state index contributed by atoms with van der Waals surface area (Å²) in [4.78, 5) is 0. The Bertz CT molecular complexity index is 351. The van der Waals surface area contributed by atoms with Gasteiger partial charge in [0.25, 0.3) is 0 Å². The van der Waals surface area contributed by atoms with Crippen LogP contribution in [-0.2, 0) is 0 Å². The van der Waals surface area contributed by atoms with E-state index in [1.165, 1.54) is 146 Å². The van der Waals surface area contributed by atoms with Gasteiger partial charge in [0.1, 0.15) is 6.04 Å². The van der Waals surface area contributed by atoms with Crippen molar-refractivity contribution in [3.63, 3.8) is 0 Å². The van der Waals surface area contributed by atoms with Gasteiger partial charge >= 0.3 is 0 Å². The van der Waals surface area contributed by atoms with Crippen LogP contribution in [0.2, 0.25) is 0 Å². The van der Waals surface area contributed by atoms with Crippen LogP contribution in [0.3, 0.4) is 0 Å². The molecule has 0 rings (SSSR count). The lowest BCUT2D eigenvalue weighted by molar-refractivity contribution is -0.946. The number of allylic oxidation sites excluding steroid dienone is 1. The summed E-state index contributed by atoms with van der Waals surface area (Å²) in [6, 6.07) is 0.748. The van der Waals surface area contributed by atoms with E-state index < -0.39 is 0 Å². The third-order valence-electron chi connectivity index (χ3n) is 7.24. The number of quaternary nitrogens is 1. The van der Waals surface area contributed by atoms with E-state index in [9.17, 15) is 0 Å². The molecule has 1 atom stereocenters. The van der Waals surface area contributed by atoms with Crippen LogP contribution in [0, 0.1) is 0 Å². The lowest BCUT2D eigenvalue weighted by Gasteiger charge is -2.45. The largest absolute Gasteiger partial charge is 0.318 e. The quantitative estimate of drug-likeness (QED) is 0.0801. The van der Waals surface area contributed by atoms with Crippen LogP contribution >= 0.6 is 0 Å². The summed E-state index contributed by atoms with van der Waals surface area (Å²) >= 11 is 0. The number of rotatable bonds is 24. The Kier molecular flexibility index (Phi) is 22.7. The van der Waals surface area contributed by atoms with E-state index in [2.05, 4.69) is 46.8 Å². The van der Waals surface area contributed by atoms with Crippen LogP contribution in [0.1, 0.15) is 157 Å². The number of unbranched alkanes of at least 4 members (excludes halogenated alkanes) is 13. The number of nitrogens with zero attached hydrogens (tertiary/aromatic N) is 1. The summed E-state index contributed by atoms with van der Waals surface area (Å²) in [6.45, 7) is 16.0. The topological polar surface area (TPSA) is 0 Å². The van der Waals surface area contributed by atoms with Crippen molar-refractivity contribution in [3.05, 3.63) is 12.2 Å². The smallest absolute Gasteiger partial charge is 0.108 e. The van der Waals surface area contributed by atoms with Gasteiger partial charge in [-0.2, -0.15) is 0 Å². The van der Waals surface area contributed by atoms with Crippen molar-refractivity contribution in [2.75, 3.05) is 19.6 Å². The molecule has 31 heavy (non-hydrogen) atoms. The molecule has 0 spiro atoms. The van der Waals surface area contributed by atoms with Gasteiger partial charge < -0.3 is 4.48 Å². The van der Waals surface area contributed by atoms with Crippen LogP contribution in [0.5, 0.6) is 0 Å². The minimum absolute atomic E-state index is 0.748. The summed E-state index contributed by atoms with van der Waals surface area (Å²) in [7, 11) is 0. The third kappa shape index (κ3) is 16.0. The van der Waals surface area contributed by atoms with E-state index in [0.29, 0.717) is 0 Å². The minimum Gasteiger partial charge on any atom is -0.318 e. The Balaban J connectivity index is 4.54. The van der Waals surface area contributed by atoms with Crippen molar-refractivity contribution in [1.29, 1.82) is 0 Å². The highest BCUT2D eigenvalue weighted by atomic mass is 15.4. The van der Waals surface area contributed by atoms with Crippen LogP contribution in [0.25, 0.3) is 0 Å². The molecule has 0 saturated heterocycles. The van der Waals surface area contributed by atoms with Crippen LogP contribution in [0.15, 0.2) is 12.2 Å². The molecule has 0 aliphatic heterocycles. The molecule has 0 amide bonds. The molecule has 0 aliphatic rings. The lowest BCUT2D eigenvalue weighted by atomic mass is 10.0. The second kappa shape index (κ2) is 22.9. The molecule has 0 fully saturated rings. The Morgan fingerprint density at radius 2 is 0.903 bits per heavy atom. The van der Waals surface area contributed by atoms with E-state index in [1.54, 1.807) is 0 Å². The van der Waals surface area contributed by atoms with E-state index >= 15 is 0 Å². The molecule has 0 heterocycles. The first-order chi connectivity index (χ1) is 15.2. The molecule has 186 valence electrons. The number of hydrogen-bond acceptors (Lipinski definition) is 0. The number of hydrogen-bond donors (Lipinski definition) is 0. The SMILES string of the molecule is CCCCCCCCCCCCC=CC(CCC)[N+](CCCC)(CCCC)CCCC. The van der Waals surface area contributed by atoms with E-state index in [4.69, 9.17) is 0 Å². The van der Waals surface area contributed by atoms with Gasteiger partial charge in [-0.25, -0.2) is 0 Å². The Morgan fingerprint density at radius 3 is 1.32 bits per heavy atom. The van der Waals surface area contributed by atoms with Crippen LogP contribution in [0.4, 0.5) is 0 Å². The summed E-state index contributed by atoms with van der Waals surface area (Å²) < 4.78 is 1.37. The van der Waals surface area contributed by atoms with Crippen molar-refractivity contribution in [2.45, 2.75) is 163 Å². The summed E-state index contributed by atoms with van der Waals surface area (Å²) in [5.74, 6) is 0. The van der Waals surface area contributed by atoms with Gasteiger partial charge in [-0.05, 0) is 38.2 Å². The summed E-state index contributed by atoms with van der Waals surface area (Å²) in [5, 5.41) is 0. The van der Waals surface area contributed by atoms with Crippen molar-refractivity contribution < 1.29 is 4.48 Å². The van der Waals surface area contributed by atoms with Crippen molar-refractivity contribution in [1.82, 2.24) is 0 Å². The zero-order chi connectivity index (χ0) is 23.0. The second-order valence-corrected chi connectivity index (χ2v) is 10.2. The van der Waals surface area contributed by atoms with Gasteiger partial charge in [0.15, 0.2) is 0 Å². The molecule has 1 nitrogen and oxygen atoms in total. The molecular formula is C30H62N+. The second-order valence-electron chi connectivity index (χ2n) is 10.2. The maximum absolute atomic E-state index is 2.66. The highest BCUT2D eigenvalue weighted by molar-refractivity contribution is 4.90. The molecule has 1 heteroatoms. The molecule has 1 unspecified atom stereocenters. The van der Waals surface area contributed by atoms with Crippen LogP contribution < -0.4 is 0 Å². The maximum Gasteiger partial charge on any atom is 0.108 e. The summed E-state index contributed by atoms with van der Waals surface area (Å²) in [5.41, 5.74) is 0. The van der Waals surface area contributed by atoms with Crippen LogP contribution in [-0.4, -0.2) is 30.2 Å².